The summed E-state index contributed by atoms with van der Waals surface area (Å²) >= 11 is 7.72. The van der Waals surface area contributed by atoms with Gasteiger partial charge in [-0.15, -0.1) is 0 Å². The van der Waals surface area contributed by atoms with E-state index in [1.54, 1.807) is 36.4 Å². The Hall–Kier alpha value is -3.43. The van der Waals surface area contributed by atoms with Gasteiger partial charge in [0.05, 0.1) is 23.3 Å². The molecule has 0 unspecified atom stereocenters. The zero-order chi connectivity index (χ0) is 24.2. The Bertz CT molecular complexity index is 1260. The Labute approximate surface area is 205 Å². The highest BCUT2D eigenvalue weighted by molar-refractivity contribution is 8.26. The number of benzene rings is 2. The number of carbonyl (C=O) groups is 2. The fourth-order valence-corrected chi connectivity index (χ4v) is 4.46. The number of methoxy groups -OCH3 is 1. The minimum absolute atomic E-state index is 0.0617. The molecule has 2 aliphatic rings. The molecule has 2 aliphatic heterocycles. The van der Waals surface area contributed by atoms with Gasteiger partial charge >= 0.3 is 5.97 Å². The molecule has 1 N–H and O–H groups in total. The maximum absolute atomic E-state index is 12.7. The maximum atomic E-state index is 12.7. The number of fused-ring (bicyclic) bond motifs is 1. The lowest BCUT2D eigenvalue weighted by Gasteiger charge is -2.20. The van der Waals surface area contributed by atoms with Crippen molar-refractivity contribution >= 4 is 57.4 Å². The van der Waals surface area contributed by atoms with Gasteiger partial charge in [-0.1, -0.05) is 43.1 Å². The SMILES string of the molecule is CCCCC1=NN2C(=N)C(=Cc3cc(Cl)c(OC(=O)c4ccccc4)c(OC)c3)C(=O)N=C2S1. The van der Waals surface area contributed by atoms with E-state index in [-0.39, 0.29) is 27.9 Å². The van der Waals surface area contributed by atoms with E-state index in [0.717, 1.165) is 24.3 Å². The van der Waals surface area contributed by atoms with Gasteiger partial charge in [0.1, 0.15) is 5.04 Å². The summed E-state index contributed by atoms with van der Waals surface area (Å²) in [7, 11) is 1.42. The first-order valence-electron chi connectivity index (χ1n) is 10.5. The smallest absolute Gasteiger partial charge is 0.343 e. The summed E-state index contributed by atoms with van der Waals surface area (Å²) < 4.78 is 10.8. The Kier molecular flexibility index (Phi) is 7.14. The van der Waals surface area contributed by atoms with Crippen LogP contribution in [0.25, 0.3) is 6.08 Å². The van der Waals surface area contributed by atoms with Gasteiger partial charge in [0, 0.05) is 0 Å². The largest absolute Gasteiger partial charge is 0.493 e. The fraction of sp³-hybridized carbons (Fsp3) is 0.208. The second-order valence-electron chi connectivity index (χ2n) is 7.41. The van der Waals surface area contributed by atoms with E-state index in [1.165, 1.54) is 36.0 Å². The molecule has 34 heavy (non-hydrogen) atoms. The lowest BCUT2D eigenvalue weighted by Crippen LogP contribution is -2.35. The molecule has 2 heterocycles. The van der Waals surface area contributed by atoms with Crippen molar-refractivity contribution in [2.45, 2.75) is 26.2 Å². The molecule has 0 aromatic heterocycles. The lowest BCUT2D eigenvalue weighted by molar-refractivity contribution is -0.114. The molecule has 2 aromatic rings. The molecule has 4 rings (SSSR count). The van der Waals surface area contributed by atoms with E-state index in [4.69, 9.17) is 26.5 Å². The number of carbonyl (C=O) groups excluding carboxylic acids is 2. The number of halogens is 1. The summed E-state index contributed by atoms with van der Waals surface area (Å²) in [4.78, 5) is 29.2. The van der Waals surface area contributed by atoms with E-state index in [0.29, 0.717) is 16.3 Å². The second-order valence-corrected chi connectivity index (χ2v) is 8.85. The van der Waals surface area contributed by atoms with Crippen LogP contribution in [0.4, 0.5) is 0 Å². The lowest BCUT2D eigenvalue weighted by atomic mass is 10.1. The van der Waals surface area contributed by atoms with E-state index in [9.17, 15) is 9.59 Å². The van der Waals surface area contributed by atoms with Crippen molar-refractivity contribution in [3.8, 4) is 11.5 Å². The van der Waals surface area contributed by atoms with Gasteiger partial charge in [0.2, 0.25) is 5.17 Å². The summed E-state index contributed by atoms with van der Waals surface area (Å²) in [5.41, 5.74) is 0.913. The molecule has 0 saturated carbocycles. The number of nitrogens with zero attached hydrogens (tertiary/aromatic N) is 3. The zero-order valence-electron chi connectivity index (χ0n) is 18.5. The number of hydrazone groups is 1. The number of rotatable bonds is 7. The fourth-order valence-electron chi connectivity index (χ4n) is 3.28. The molecule has 0 atom stereocenters. The number of aliphatic imine (C=N–C) groups is 1. The molecule has 10 heteroatoms. The van der Waals surface area contributed by atoms with E-state index < -0.39 is 11.9 Å². The quantitative estimate of drug-likeness (QED) is 0.313. The molecule has 0 saturated heterocycles. The predicted molar refractivity (Wildman–Crippen MR) is 134 cm³/mol. The zero-order valence-corrected chi connectivity index (χ0v) is 20.1. The van der Waals surface area contributed by atoms with E-state index in [2.05, 4.69) is 17.0 Å². The van der Waals surface area contributed by atoms with Crippen molar-refractivity contribution in [3.63, 3.8) is 0 Å². The third kappa shape index (κ3) is 4.90. The van der Waals surface area contributed by atoms with Gasteiger partial charge < -0.3 is 9.47 Å². The number of hydrogen-bond donors (Lipinski definition) is 1. The highest BCUT2D eigenvalue weighted by Crippen LogP contribution is 2.38. The number of esters is 1. The van der Waals surface area contributed by atoms with Crippen LogP contribution in [0.3, 0.4) is 0 Å². The third-order valence-corrected chi connectivity index (χ3v) is 6.26. The number of amidine groups is 2. The van der Waals surface area contributed by atoms with E-state index in [1.807, 2.05) is 0 Å². The average Bonchev–Trinajstić information content (AvgIpc) is 3.25. The summed E-state index contributed by atoms with van der Waals surface area (Å²) in [5, 5.41) is 15.6. The van der Waals surface area contributed by atoms with Crippen LogP contribution in [0.5, 0.6) is 11.5 Å². The number of unbranched alkanes of at least 4 members (excludes halogenated alkanes) is 1. The molecule has 8 nitrogen and oxygen atoms in total. The number of thioether (sulfide) groups is 1. The summed E-state index contributed by atoms with van der Waals surface area (Å²) in [6.07, 6.45) is 4.25. The van der Waals surface area contributed by atoms with Gasteiger partial charge in [0.25, 0.3) is 5.91 Å². The average molecular weight is 497 g/mol. The molecule has 2 aromatic carbocycles. The van der Waals surface area contributed by atoms with Crippen molar-refractivity contribution in [1.29, 1.82) is 5.41 Å². The van der Waals surface area contributed by atoms with Gasteiger partial charge in [0.15, 0.2) is 17.3 Å². The van der Waals surface area contributed by atoms with Crippen LogP contribution in [0.1, 0.15) is 42.1 Å². The first kappa shape index (κ1) is 23.7. The molecular formula is C24H21ClN4O4S. The minimum atomic E-state index is -0.582. The van der Waals surface area contributed by atoms with Gasteiger partial charge in [-0.2, -0.15) is 15.1 Å². The second kappa shape index (κ2) is 10.2. The number of ether oxygens (including phenoxy) is 2. The van der Waals surface area contributed by atoms with Crippen molar-refractivity contribution in [3.05, 3.63) is 64.2 Å². The molecule has 0 bridgehead atoms. The van der Waals surface area contributed by atoms with Crippen LogP contribution in [-0.4, -0.2) is 40.0 Å². The van der Waals surface area contributed by atoms with Crippen LogP contribution in [0, 0.1) is 5.41 Å². The molecule has 0 fully saturated rings. The molecule has 0 spiro atoms. The van der Waals surface area contributed by atoms with Crippen LogP contribution in [0.15, 0.2) is 58.1 Å². The Morgan fingerprint density at radius 3 is 2.74 bits per heavy atom. The summed E-state index contributed by atoms with van der Waals surface area (Å²) in [5.74, 6) is -0.916. The van der Waals surface area contributed by atoms with Crippen LogP contribution < -0.4 is 9.47 Å². The topological polar surface area (TPSA) is 104 Å². The summed E-state index contributed by atoms with van der Waals surface area (Å²) in [6.45, 7) is 2.09. The molecule has 174 valence electrons. The number of hydrogen-bond acceptors (Lipinski definition) is 7. The minimum Gasteiger partial charge on any atom is -0.493 e. The standard InChI is InChI=1S/C24H21ClN4O4S/c1-3-4-10-19-28-29-21(26)16(22(30)27-24(29)34-19)11-14-12-17(25)20(18(13-14)32-2)33-23(31)15-8-6-5-7-9-15/h5-9,11-13,26H,3-4,10H2,1-2H3. The van der Waals surface area contributed by atoms with Gasteiger partial charge in [-0.05, 0) is 60.5 Å². The van der Waals surface area contributed by atoms with E-state index >= 15 is 0 Å². The van der Waals surface area contributed by atoms with Crippen LogP contribution >= 0.6 is 23.4 Å². The van der Waals surface area contributed by atoms with Crippen LogP contribution in [0.2, 0.25) is 5.02 Å². The van der Waals surface area contributed by atoms with Crippen LogP contribution in [-0.2, 0) is 4.79 Å². The highest BCUT2D eigenvalue weighted by Gasteiger charge is 2.35. The Balaban J connectivity index is 1.61. The number of nitrogens with one attached hydrogen (secondary N) is 1. The number of amides is 1. The van der Waals surface area contributed by atoms with Crippen molar-refractivity contribution in [2.75, 3.05) is 7.11 Å². The highest BCUT2D eigenvalue weighted by atomic mass is 35.5. The van der Waals surface area contributed by atoms with Crippen molar-refractivity contribution < 1.29 is 19.1 Å². The molecule has 0 radical (unpaired) electrons. The Morgan fingerprint density at radius 2 is 2.03 bits per heavy atom. The van der Waals surface area contributed by atoms with Gasteiger partial charge in [-0.25, -0.2) is 4.79 Å². The first-order chi connectivity index (χ1) is 16.4. The third-order valence-electron chi connectivity index (χ3n) is 5.01. The molecular weight excluding hydrogens is 476 g/mol. The monoisotopic (exact) mass is 496 g/mol. The summed E-state index contributed by atoms with van der Waals surface area (Å²) in [6, 6.07) is 11.6. The Morgan fingerprint density at radius 1 is 1.26 bits per heavy atom. The predicted octanol–water partition coefficient (Wildman–Crippen LogP) is 5.38. The first-order valence-corrected chi connectivity index (χ1v) is 11.7. The maximum Gasteiger partial charge on any atom is 0.343 e. The van der Waals surface area contributed by atoms with Crippen molar-refractivity contribution in [1.82, 2.24) is 5.01 Å². The molecule has 0 aliphatic carbocycles. The normalized spacial score (nSPS) is 16.3. The molecule has 1 amide bonds. The van der Waals surface area contributed by atoms with Gasteiger partial charge in [-0.3, -0.25) is 10.2 Å². The van der Waals surface area contributed by atoms with Crippen molar-refractivity contribution in [2.24, 2.45) is 10.1 Å².